The first-order valence-electron chi connectivity index (χ1n) is 15.2. The molecule has 6 N–H and O–H groups in total. The van der Waals surface area contributed by atoms with Crippen molar-refractivity contribution < 1.29 is 55.4 Å². The molecule has 0 amide bonds. The molecule has 8 nitrogen and oxygen atoms in total. The predicted octanol–water partition coefficient (Wildman–Crippen LogP) is 9.23. The Labute approximate surface area is 281 Å². The van der Waals surface area contributed by atoms with E-state index in [0.29, 0.717) is 24.0 Å². The van der Waals surface area contributed by atoms with Gasteiger partial charge in [-0.1, -0.05) is 121 Å². The van der Waals surface area contributed by atoms with Crippen LogP contribution < -0.4 is 0 Å². The van der Waals surface area contributed by atoms with E-state index in [2.05, 4.69) is 0 Å². The number of phenols is 2. The first kappa shape index (κ1) is 43.8. The molecule has 0 saturated heterocycles. The minimum atomic E-state index is -4.24. The van der Waals surface area contributed by atoms with Gasteiger partial charge in [0.25, 0.3) is 0 Å². The second-order valence-electron chi connectivity index (χ2n) is 16.0. The number of aromatic hydroxyl groups is 2. The second-order valence-corrected chi connectivity index (χ2v) is 19.6. The Morgan fingerprint density at radius 1 is 0.511 bits per heavy atom. The van der Waals surface area contributed by atoms with Gasteiger partial charge in [-0.15, -0.1) is 0 Å². The molecule has 0 fully saturated rings. The van der Waals surface area contributed by atoms with Gasteiger partial charge in [-0.25, -0.2) is 0 Å². The molecule has 45 heavy (non-hydrogen) atoms. The van der Waals surface area contributed by atoms with Gasteiger partial charge in [0.15, 0.2) is 0 Å². The number of phenolic OH excluding ortho intramolecular Hbond substituents is 2. The van der Waals surface area contributed by atoms with E-state index in [4.69, 9.17) is 0 Å². The molecular weight excluding hydrogens is 657 g/mol. The Balaban J connectivity index is 0.000000842. The Kier molecular flexibility index (Phi) is 14.6. The minimum Gasteiger partial charge on any atom is -0.507 e. The molecule has 2 aromatic rings. The van der Waals surface area contributed by atoms with E-state index in [9.17, 15) is 38.9 Å². The molecule has 0 aliphatic heterocycles. The molecule has 0 bridgehead atoms. The van der Waals surface area contributed by atoms with Gasteiger partial charge >= 0.3 is 15.2 Å². The third kappa shape index (κ3) is 11.5. The molecule has 2 rings (SSSR count). The fourth-order valence-electron chi connectivity index (χ4n) is 5.32. The van der Waals surface area contributed by atoms with Crippen LogP contribution in [0.25, 0.3) is 0 Å². The van der Waals surface area contributed by atoms with Crippen LogP contribution in [0.4, 0.5) is 0 Å². The molecule has 2 atom stereocenters. The SMILES string of the molecule is CCC(c1cc(C(C)(C)C)c(O)c(C(C)(C)C)c1)P(=O)(O)O.CCC(c1cc(C(C)(C)C)c(O)c(C(C)(C)C)c1)P(=O)(O)O.[Ni]. The summed E-state index contributed by atoms with van der Waals surface area (Å²) >= 11 is 0. The maximum Gasteiger partial charge on any atom is 0.332 e. The molecule has 2 aromatic carbocycles. The Bertz CT molecular complexity index is 1220. The summed E-state index contributed by atoms with van der Waals surface area (Å²) in [5.74, 6) is 0.452. The first-order valence-corrected chi connectivity index (χ1v) is 18.6. The van der Waals surface area contributed by atoms with E-state index in [1.165, 1.54) is 0 Å². The predicted molar refractivity (Wildman–Crippen MR) is 181 cm³/mol. The normalized spacial score (nSPS) is 14.6. The van der Waals surface area contributed by atoms with Gasteiger partial charge in [0.05, 0.1) is 11.3 Å². The fourth-order valence-corrected chi connectivity index (χ4v) is 7.35. The monoisotopic (exact) mass is 714 g/mol. The van der Waals surface area contributed by atoms with Crippen molar-refractivity contribution in [2.45, 2.75) is 143 Å². The summed E-state index contributed by atoms with van der Waals surface area (Å²) < 4.78 is 23.6. The molecule has 262 valence electrons. The van der Waals surface area contributed by atoms with E-state index in [0.717, 1.165) is 22.3 Å². The summed E-state index contributed by atoms with van der Waals surface area (Å²) in [4.78, 5) is 38.5. The van der Waals surface area contributed by atoms with Crippen LogP contribution in [0.1, 0.15) is 154 Å². The Morgan fingerprint density at radius 3 is 0.800 bits per heavy atom. The minimum absolute atomic E-state index is 0. The van der Waals surface area contributed by atoms with Crippen molar-refractivity contribution in [3.8, 4) is 11.5 Å². The van der Waals surface area contributed by atoms with Crippen LogP contribution in [0.3, 0.4) is 0 Å². The zero-order chi connectivity index (χ0) is 35.0. The van der Waals surface area contributed by atoms with Gasteiger partial charge in [-0.2, -0.15) is 0 Å². The average molecular weight is 715 g/mol. The van der Waals surface area contributed by atoms with Gasteiger partial charge in [-0.3, -0.25) is 9.13 Å². The summed E-state index contributed by atoms with van der Waals surface area (Å²) in [7, 11) is -8.48. The van der Waals surface area contributed by atoms with Crippen LogP contribution in [-0.2, 0) is 47.3 Å². The van der Waals surface area contributed by atoms with Crippen molar-refractivity contribution in [1.29, 1.82) is 0 Å². The number of rotatable bonds is 6. The Morgan fingerprint density at radius 2 is 0.689 bits per heavy atom. The molecule has 0 aliphatic carbocycles. The zero-order valence-electron chi connectivity index (χ0n) is 29.6. The van der Waals surface area contributed by atoms with Gasteiger partial charge in [0, 0.05) is 16.5 Å². The summed E-state index contributed by atoms with van der Waals surface area (Å²) in [6.45, 7) is 27.3. The molecule has 0 heterocycles. The molecule has 11 heteroatoms. The van der Waals surface area contributed by atoms with Gasteiger partial charge in [0.2, 0.25) is 0 Å². The molecule has 0 aromatic heterocycles. The van der Waals surface area contributed by atoms with Crippen molar-refractivity contribution >= 4 is 15.2 Å². The standard InChI is InChI=1S/2C17H29O4P.Ni/c2*1-8-14(22(19,20)21)11-9-12(16(2,3)4)15(18)13(10-11)17(5,6)7;/h2*9-10,14,18H,8H2,1-7H3,(H2,19,20,21);. The molecule has 0 saturated carbocycles. The largest absolute Gasteiger partial charge is 0.507 e. The smallest absolute Gasteiger partial charge is 0.332 e. The van der Waals surface area contributed by atoms with Crippen molar-refractivity contribution in [2.75, 3.05) is 0 Å². The first-order chi connectivity index (χ1) is 19.4. The van der Waals surface area contributed by atoms with Crippen LogP contribution in [0.5, 0.6) is 11.5 Å². The van der Waals surface area contributed by atoms with E-state index in [1.807, 2.05) is 83.1 Å². The molecule has 0 spiro atoms. The van der Waals surface area contributed by atoms with Crippen LogP contribution in [0, 0.1) is 0 Å². The fraction of sp³-hybridized carbons (Fsp3) is 0.647. The van der Waals surface area contributed by atoms with E-state index in [-0.39, 0.29) is 49.7 Å². The van der Waals surface area contributed by atoms with Crippen LogP contribution in [0.15, 0.2) is 24.3 Å². The number of hydrogen-bond acceptors (Lipinski definition) is 4. The van der Waals surface area contributed by atoms with Crippen molar-refractivity contribution in [1.82, 2.24) is 0 Å². The third-order valence-corrected chi connectivity index (χ3v) is 10.8. The molecular formula is C34H58NiO8P2. The van der Waals surface area contributed by atoms with Crippen molar-refractivity contribution in [3.63, 3.8) is 0 Å². The Hall–Kier alpha value is -1.17. The third-order valence-electron chi connectivity index (χ3n) is 7.85. The summed E-state index contributed by atoms with van der Waals surface area (Å²) in [5, 5.41) is 21.3. The second kappa shape index (κ2) is 14.9. The van der Waals surface area contributed by atoms with Gasteiger partial charge < -0.3 is 29.8 Å². The topological polar surface area (TPSA) is 156 Å². The molecule has 0 aliphatic rings. The quantitative estimate of drug-likeness (QED) is 0.128. The number of benzene rings is 2. The number of hydrogen-bond donors (Lipinski definition) is 6. The van der Waals surface area contributed by atoms with E-state index in [1.54, 1.807) is 38.1 Å². The van der Waals surface area contributed by atoms with Crippen molar-refractivity contribution in [2.24, 2.45) is 0 Å². The van der Waals surface area contributed by atoms with E-state index >= 15 is 0 Å². The zero-order valence-corrected chi connectivity index (χ0v) is 32.4. The maximum atomic E-state index is 11.8. The molecule has 2 unspecified atom stereocenters. The summed E-state index contributed by atoms with van der Waals surface area (Å²) in [6.07, 6.45) is 0.699. The maximum absolute atomic E-state index is 11.8. The van der Waals surface area contributed by atoms with Crippen LogP contribution in [-0.4, -0.2) is 29.8 Å². The van der Waals surface area contributed by atoms with Crippen LogP contribution >= 0.6 is 15.2 Å². The van der Waals surface area contributed by atoms with E-state index < -0.39 is 26.5 Å². The average Bonchev–Trinajstić information content (AvgIpc) is 2.77. The van der Waals surface area contributed by atoms with Crippen LogP contribution in [0.2, 0.25) is 0 Å². The summed E-state index contributed by atoms with van der Waals surface area (Å²) in [5.41, 5.74) is 1.17. The molecule has 0 radical (unpaired) electrons. The van der Waals surface area contributed by atoms with Gasteiger partial charge in [0.1, 0.15) is 11.5 Å². The summed E-state index contributed by atoms with van der Waals surface area (Å²) in [6, 6.07) is 6.99. The van der Waals surface area contributed by atoms with Crippen molar-refractivity contribution in [3.05, 3.63) is 57.6 Å². The van der Waals surface area contributed by atoms with Gasteiger partial charge in [-0.05, 0) is 67.9 Å².